The number of hydrogen-bond donors (Lipinski definition) is 3. The van der Waals surface area contributed by atoms with Crippen molar-refractivity contribution in [3.8, 4) is 0 Å². The molecule has 21 heavy (non-hydrogen) atoms. The molecule has 0 bridgehead atoms. The number of nitrogens with one attached hydrogen (secondary N) is 2. The second-order valence-corrected chi connectivity index (χ2v) is 8.10. The monoisotopic (exact) mass is 332 g/mol. The van der Waals surface area contributed by atoms with E-state index in [-0.39, 0.29) is 17.5 Å². The van der Waals surface area contributed by atoms with E-state index < -0.39 is 15.6 Å². The highest BCUT2D eigenvalue weighted by atomic mass is 32.2. The Kier molecular flexibility index (Phi) is 6.52. The van der Waals surface area contributed by atoms with Crippen LogP contribution in [0.4, 0.5) is 5.69 Å². The topological polar surface area (TPSA) is 78.4 Å². The molecule has 0 saturated heterocycles. The molecule has 120 valence electrons. The van der Waals surface area contributed by atoms with Crippen LogP contribution < -0.4 is 10.0 Å². The van der Waals surface area contributed by atoms with Crippen LogP contribution in [0.3, 0.4) is 0 Å². The number of benzene rings is 1. The second-order valence-electron chi connectivity index (χ2n) is 5.56. The third kappa shape index (κ3) is 5.86. The summed E-state index contributed by atoms with van der Waals surface area (Å²) in [6.45, 7) is 5.55. The lowest BCUT2D eigenvalue weighted by Crippen LogP contribution is -2.37. The van der Waals surface area contributed by atoms with E-state index in [2.05, 4.69) is 10.0 Å². The van der Waals surface area contributed by atoms with Crippen LogP contribution >= 0.6 is 11.8 Å². The van der Waals surface area contributed by atoms with E-state index in [9.17, 15) is 13.5 Å². The van der Waals surface area contributed by atoms with Crippen molar-refractivity contribution in [1.29, 1.82) is 0 Å². The first-order valence-electron chi connectivity index (χ1n) is 6.74. The zero-order valence-electron chi connectivity index (χ0n) is 12.9. The molecule has 0 heterocycles. The number of anilines is 1. The molecule has 7 heteroatoms. The van der Waals surface area contributed by atoms with Crippen LogP contribution in [-0.2, 0) is 10.0 Å². The molecule has 0 amide bonds. The van der Waals surface area contributed by atoms with Crippen LogP contribution in [0.2, 0.25) is 0 Å². The SMILES string of the molecule is CSCC(C)(O)CNc1ccccc1S(=O)(=O)NC(C)C. The van der Waals surface area contributed by atoms with Gasteiger partial charge in [0, 0.05) is 18.3 Å². The molecule has 0 saturated carbocycles. The predicted octanol–water partition coefficient (Wildman–Crippen LogP) is 1.90. The number of sulfonamides is 1. The lowest BCUT2D eigenvalue weighted by atomic mass is 10.1. The fourth-order valence-corrected chi connectivity index (χ4v) is 4.03. The molecule has 1 unspecified atom stereocenters. The summed E-state index contributed by atoms with van der Waals surface area (Å²) in [5, 5.41) is 13.2. The van der Waals surface area contributed by atoms with Gasteiger partial charge in [-0.3, -0.25) is 0 Å². The van der Waals surface area contributed by atoms with Gasteiger partial charge in [-0.25, -0.2) is 13.1 Å². The first-order valence-corrected chi connectivity index (χ1v) is 9.62. The summed E-state index contributed by atoms with van der Waals surface area (Å²) in [4.78, 5) is 0.193. The Morgan fingerprint density at radius 3 is 2.52 bits per heavy atom. The smallest absolute Gasteiger partial charge is 0.242 e. The largest absolute Gasteiger partial charge is 0.387 e. The molecule has 5 nitrogen and oxygen atoms in total. The van der Waals surface area contributed by atoms with Gasteiger partial charge < -0.3 is 10.4 Å². The van der Waals surface area contributed by atoms with Crippen LogP contribution in [0.5, 0.6) is 0 Å². The van der Waals surface area contributed by atoms with Gasteiger partial charge in [-0.1, -0.05) is 12.1 Å². The van der Waals surface area contributed by atoms with Gasteiger partial charge in [0.25, 0.3) is 0 Å². The van der Waals surface area contributed by atoms with Gasteiger partial charge in [-0.2, -0.15) is 11.8 Å². The summed E-state index contributed by atoms with van der Waals surface area (Å²) < 4.78 is 27.2. The van der Waals surface area contributed by atoms with Crippen molar-refractivity contribution in [2.24, 2.45) is 0 Å². The molecular formula is C14H24N2O3S2. The second kappa shape index (κ2) is 7.49. The van der Waals surface area contributed by atoms with E-state index in [1.807, 2.05) is 6.26 Å². The van der Waals surface area contributed by atoms with Crippen molar-refractivity contribution in [3.05, 3.63) is 24.3 Å². The summed E-state index contributed by atoms with van der Waals surface area (Å²) in [6.07, 6.45) is 1.92. The number of hydrogen-bond acceptors (Lipinski definition) is 5. The summed E-state index contributed by atoms with van der Waals surface area (Å²) in [7, 11) is -3.57. The molecule has 1 atom stereocenters. The molecule has 0 aliphatic rings. The van der Waals surface area contributed by atoms with Crippen LogP contribution in [0.25, 0.3) is 0 Å². The average molecular weight is 332 g/mol. The molecule has 1 rings (SSSR count). The van der Waals surface area contributed by atoms with Gasteiger partial charge in [0.2, 0.25) is 10.0 Å². The Balaban J connectivity index is 2.95. The molecule has 1 aromatic carbocycles. The third-order valence-corrected chi connectivity index (χ3v) is 5.31. The maximum atomic E-state index is 12.3. The van der Waals surface area contributed by atoms with Crippen molar-refractivity contribution in [1.82, 2.24) is 4.72 Å². The minimum Gasteiger partial charge on any atom is -0.387 e. The van der Waals surface area contributed by atoms with Crippen molar-refractivity contribution in [3.63, 3.8) is 0 Å². The van der Waals surface area contributed by atoms with E-state index in [0.717, 1.165) is 0 Å². The number of rotatable bonds is 8. The maximum absolute atomic E-state index is 12.3. The summed E-state index contributed by atoms with van der Waals surface area (Å²) in [5.41, 5.74) is -0.408. The van der Waals surface area contributed by atoms with Gasteiger partial charge in [-0.15, -0.1) is 0 Å². The predicted molar refractivity (Wildman–Crippen MR) is 89.4 cm³/mol. The lowest BCUT2D eigenvalue weighted by Gasteiger charge is -2.24. The van der Waals surface area contributed by atoms with E-state index in [0.29, 0.717) is 11.4 Å². The minimum atomic E-state index is -3.57. The molecule has 0 radical (unpaired) electrons. The van der Waals surface area contributed by atoms with Crippen molar-refractivity contribution >= 4 is 27.5 Å². The van der Waals surface area contributed by atoms with E-state index in [4.69, 9.17) is 0 Å². The van der Waals surface area contributed by atoms with Crippen LogP contribution in [-0.4, -0.2) is 43.7 Å². The molecular weight excluding hydrogens is 308 g/mol. The van der Waals surface area contributed by atoms with Crippen LogP contribution in [0, 0.1) is 0 Å². The van der Waals surface area contributed by atoms with E-state index in [1.165, 1.54) is 0 Å². The first-order chi connectivity index (χ1) is 9.68. The molecule has 0 aromatic heterocycles. The quantitative estimate of drug-likeness (QED) is 0.678. The summed E-state index contributed by atoms with van der Waals surface area (Å²) >= 11 is 1.54. The molecule has 1 aromatic rings. The van der Waals surface area contributed by atoms with Crippen LogP contribution in [0.1, 0.15) is 20.8 Å². The highest BCUT2D eigenvalue weighted by molar-refractivity contribution is 7.98. The minimum absolute atomic E-state index is 0.178. The first kappa shape index (κ1) is 18.3. The molecule has 0 fully saturated rings. The fourth-order valence-electron chi connectivity index (χ4n) is 1.87. The third-order valence-electron chi connectivity index (χ3n) is 2.68. The van der Waals surface area contributed by atoms with E-state index >= 15 is 0 Å². The van der Waals surface area contributed by atoms with Crippen LogP contribution in [0.15, 0.2) is 29.2 Å². The Morgan fingerprint density at radius 2 is 1.95 bits per heavy atom. The van der Waals surface area contributed by atoms with Crippen molar-refractivity contribution in [2.45, 2.75) is 37.3 Å². The highest BCUT2D eigenvalue weighted by Gasteiger charge is 2.23. The number of aliphatic hydroxyl groups is 1. The molecule has 0 spiro atoms. The van der Waals surface area contributed by atoms with Gasteiger partial charge in [0.15, 0.2) is 0 Å². The lowest BCUT2D eigenvalue weighted by molar-refractivity contribution is 0.0996. The molecule has 0 aliphatic heterocycles. The fraction of sp³-hybridized carbons (Fsp3) is 0.571. The zero-order valence-corrected chi connectivity index (χ0v) is 14.5. The molecule has 0 aliphatic carbocycles. The maximum Gasteiger partial charge on any atom is 0.242 e. The summed E-state index contributed by atoms with van der Waals surface area (Å²) in [5.74, 6) is 0.569. The summed E-state index contributed by atoms with van der Waals surface area (Å²) in [6, 6.07) is 6.52. The Morgan fingerprint density at radius 1 is 1.33 bits per heavy atom. The Bertz CT molecular complexity index is 557. The van der Waals surface area contributed by atoms with Gasteiger partial charge in [0.05, 0.1) is 11.3 Å². The van der Waals surface area contributed by atoms with E-state index in [1.54, 1.807) is 56.8 Å². The normalized spacial score (nSPS) is 15.0. The average Bonchev–Trinajstić information content (AvgIpc) is 2.35. The van der Waals surface area contributed by atoms with Crippen molar-refractivity contribution in [2.75, 3.05) is 23.9 Å². The van der Waals surface area contributed by atoms with Gasteiger partial charge >= 0.3 is 0 Å². The highest BCUT2D eigenvalue weighted by Crippen LogP contribution is 2.22. The number of para-hydroxylation sites is 1. The molecule has 3 N–H and O–H groups in total. The zero-order chi connectivity index (χ0) is 16.1. The van der Waals surface area contributed by atoms with Crippen molar-refractivity contribution < 1.29 is 13.5 Å². The standard InChI is InChI=1S/C14H24N2O3S2/c1-11(2)16-21(18,19)13-8-6-5-7-12(13)15-9-14(3,17)10-20-4/h5-8,11,15-17H,9-10H2,1-4H3. The number of thioether (sulfide) groups is 1. The Hall–Kier alpha value is -0.760. The van der Waals surface area contributed by atoms with Gasteiger partial charge in [-0.05, 0) is 39.2 Å². The van der Waals surface area contributed by atoms with Gasteiger partial charge in [0.1, 0.15) is 4.90 Å². The Labute approximate surface area is 131 Å².